The maximum absolute atomic E-state index is 6.06. The second-order valence-electron chi connectivity index (χ2n) is 3.70. The highest BCUT2D eigenvalue weighted by atomic mass is 35.5. The second-order valence-corrected chi connectivity index (χ2v) is 4.10. The second kappa shape index (κ2) is 3.79. The largest absolute Gasteiger partial charge is 0.495 e. The Labute approximate surface area is 89.2 Å². The molecule has 0 spiro atoms. The van der Waals surface area contributed by atoms with E-state index in [-0.39, 0.29) is 0 Å². The summed E-state index contributed by atoms with van der Waals surface area (Å²) in [5.74, 6) is 1.34. The Kier molecular flexibility index (Phi) is 2.66. The lowest BCUT2D eigenvalue weighted by molar-refractivity contribution is 0.334. The molecule has 76 valence electrons. The van der Waals surface area contributed by atoms with Crippen molar-refractivity contribution in [1.82, 2.24) is 5.32 Å². The first-order valence-electron chi connectivity index (χ1n) is 4.79. The van der Waals surface area contributed by atoms with Crippen molar-refractivity contribution in [2.45, 2.75) is 18.9 Å². The van der Waals surface area contributed by atoms with E-state index in [0.717, 1.165) is 12.3 Å². The van der Waals surface area contributed by atoms with E-state index in [1.807, 2.05) is 12.1 Å². The summed E-state index contributed by atoms with van der Waals surface area (Å²) in [4.78, 5) is 0. The minimum absolute atomic E-state index is 0.555. The number of rotatable bonds is 2. The van der Waals surface area contributed by atoms with Crippen LogP contribution in [0, 0.1) is 0 Å². The van der Waals surface area contributed by atoms with Crippen molar-refractivity contribution in [2.75, 3.05) is 13.7 Å². The fraction of sp³-hybridized carbons (Fsp3) is 0.455. The quantitative estimate of drug-likeness (QED) is 0.812. The topological polar surface area (TPSA) is 21.3 Å². The van der Waals surface area contributed by atoms with Crippen LogP contribution < -0.4 is 10.1 Å². The number of methoxy groups -OCH3 is 1. The van der Waals surface area contributed by atoms with E-state index in [1.54, 1.807) is 7.11 Å². The minimum Gasteiger partial charge on any atom is -0.495 e. The third-order valence-electron chi connectivity index (χ3n) is 2.87. The van der Waals surface area contributed by atoms with Crippen LogP contribution in [0.5, 0.6) is 5.75 Å². The SMILES string of the molecule is COc1ccc(C2CNC2C)cc1Cl. The molecule has 0 saturated carbocycles. The first kappa shape index (κ1) is 9.81. The monoisotopic (exact) mass is 211 g/mol. The molecule has 1 aromatic rings. The predicted octanol–water partition coefficient (Wildman–Crippen LogP) is 2.42. The predicted molar refractivity (Wildman–Crippen MR) is 58.2 cm³/mol. The fourth-order valence-corrected chi connectivity index (χ4v) is 2.06. The first-order chi connectivity index (χ1) is 6.72. The van der Waals surface area contributed by atoms with Crippen molar-refractivity contribution in [3.63, 3.8) is 0 Å². The highest BCUT2D eigenvalue weighted by Gasteiger charge is 2.27. The molecule has 14 heavy (non-hydrogen) atoms. The van der Waals surface area contributed by atoms with Crippen LogP contribution in [0.15, 0.2) is 18.2 Å². The molecular formula is C11H14ClNO. The molecule has 0 amide bonds. The molecule has 1 saturated heterocycles. The van der Waals surface area contributed by atoms with E-state index < -0.39 is 0 Å². The molecule has 3 heteroatoms. The Morgan fingerprint density at radius 1 is 1.50 bits per heavy atom. The van der Waals surface area contributed by atoms with E-state index >= 15 is 0 Å². The van der Waals surface area contributed by atoms with Crippen molar-refractivity contribution < 1.29 is 4.74 Å². The summed E-state index contributed by atoms with van der Waals surface area (Å²) in [6.45, 7) is 3.23. The normalized spacial score (nSPS) is 25.6. The Morgan fingerprint density at radius 2 is 2.29 bits per heavy atom. The maximum atomic E-state index is 6.06. The summed E-state index contributed by atoms with van der Waals surface area (Å²) < 4.78 is 5.11. The van der Waals surface area contributed by atoms with Gasteiger partial charge >= 0.3 is 0 Å². The highest BCUT2D eigenvalue weighted by Crippen LogP contribution is 2.32. The molecule has 2 atom stereocenters. The Hall–Kier alpha value is -0.730. The van der Waals surface area contributed by atoms with Crippen LogP contribution in [0.3, 0.4) is 0 Å². The molecule has 1 heterocycles. The van der Waals surface area contributed by atoms with E-state index in [4.69, 9.17) is 16.3 Å². The van der Waals surface area contributed by atoms with Crippen LogP contribution in [0.2, 0.25) is 5.02 Å². The summed E-state index contributed by atoms with van der Waals surface area (Å²) in [5, 5.41) is 4.03. The lowest BCUT2D eigenvalue weighted by Crippen LogP contribution is -2.48. The van der Waals surface area contributed by atoms with Gasteiger partial charge in [0, 0.05) is 18.5 Å². The fourth-order valence-electron chi connectivity index (χ4n) is 1.79. The summed E-state index contributed by atoms with van der Waals surface area (Å²) in [6, 6.07) is 6.58. The summed E-state index contributed by atoms with van der Waals surface area (Å²) >= 11 is 6.06. The van der Waals surface area contributed by atoms with Crippen molar-refractivity contribution in [3.05, 3.63) is 28.8 Å². The summed E-state index contributed by atoms with van der Waals surface area (Å²) in [5.41, 5.74) is 1.29. The van der Waals surface area contributed by atoms with Gasteiger partial charge in [0.15, 0.2) is 0 Å². The standard InChI is InChI=1S/C11H14ClNO/c1-7-9(6-13-7)8-3-4-11(14-2)10(12)5-8/h3-5,7,9,13H,6H2,1-2H3. The zero-order chi connectivity index (χ0) is 10.1. The van der Waals surface area contributed by atoms with Crippen molar-refractivity contribution in [3.8, 4) is 5.75 Å². The lowest BCUT2D eigenvalue weighted by atomic mass is 9.86. The molecule has 2 rings (SSSR count). The molecule has 1 N–H and O–H groups in total. The number of halogens is 1. The summed E-state index contributed by atoms with van der Waals surface area (Å²) in [7, 11) is 1.63. The van der Waals surface area contributed by atoms with E-state index in [1.165, 1.54) is 5.56 Å². The van der Waals surface area contributed by atoms with Crippen LogP contribution in [0.4, 0.5) is 0 Å². The van der Waals surface area contributed by atoms with Gasteiger partial charge in [0.1, 0.15) is 5.75 Å². The number of nitrogens with one attached hydrogen (secondary N) is 1. The number of benzene rings is 1. The Morgan fingerprint density at radius 3 is 2.71 bits per heavy atom. The van der Waals surface area contributed by atoms with Gasteiger partial charge < -0.3 is 10.1 Å². The smallest absolute Gasteiger partial charge is 0.137 e. The molecule has 0 aromatic heterocycles. The van der Waals surface area contributed by atoms with Gasteiger partial charge in [0.2, 0.25) is 0 Å². The van der Waals surface area contributed by atoms with Crippen LogP contribution >= 0.6 is 11.6 Å². The van der Waals surface area contributed by atoms with Gasteiger partial charge in [0.25, 0.3) is 0 Å². The van der Waals surface area contributed by atoms with Gasteiger partial charge in [-0.05, 0) is 24.6 Å². The molecule has 1 aromatic carbocycles. The van der Waals surface area contributed by atoms with Crippen molar-refractivity contribution >= 4 is 11.6 Å². The minimum atomic E-state index is 0.555. The molecule has 0 aliphatic carbocycles. The van der Waals surface area contributed by atoms with E-state index in [9.17, 15) is 0 Å². The van der Waals surface area contributed by atoms with Gasteiger partial charge in [-0.2, -0.15) is 0 Å². The van der Waals surface area contributed by atoms with Crippen LogP contribution in [0.25, 0.3) is 0 Å². The highest BCUT2D eigenvalue weighted by molar-refractivity contribution is 6.32. The van der Waals surface area contributed by atoms with Gasteiger partial charge in [-0.15, -0.1) is 0 Å². The Bertz CT molecular complexity index is 340. The third kappa shape index (κ3) is 1.60. The maximum Gasteiger partial charge on any atom is 0.137 e. The van der Waals surface area contributed by atoms with E-state index in [0.29, 0.717) is 17.0 Å². The average Bonchev–Trinajstić information content (AvgIpc) is 2.16. The third-order valence-corrected chi connectivity index (χ3v) is 3.16. The van der Waals surface area contributed by atoms with Gasteiger partial charge in [0.05, 0.1) is 12.1 Å². The molecule has 2 unspecified atom stereocenters. The first-order valence-corrected chi connectivity index (χ1v) is 5.17. The molecule has 0 bridgehead atoms. The lowest BCUT2D eigenvalue weighted by Gasteiger charge is -2.36. The van der Waals surface area contributed by atoms with Crippen molar-refractivity contribution in [2.24, 2.45) is 0 Å². The molecule has 1 aliphatic rings. The zero-order valence-electron chi connectivity index (χ0n) is 8.38. The van der Waals surface area contributed by atoms with Crippen LogP contribution in [-0.2, 0) is 0 Å². The summed E-state index contributed by atoms with van der Waals surface area (Å²) in [6.07, 6.45) is 0. The average molecular weight is 212 g/mol. The number of ether oxygens (including phenoxy) is 1. The Balaban J connectivity index is 2.24. The zero-order valence-corrected chi connectivity index (χ0v) is 9.14. The van der Waals surface area contributed by atoms with E-state index in [2.05, 4.69) is 18.3 Å². The molecular weight excluding hydrogens is 198 g/mol. The van der Waals surface area contributed by atoms with Crippen molar-refractivity contribution in [1.29, 1.82) is 0 Å². The molecule has 0 radical (unpaired) electrons. The molecule has 2 nitrogen and oxygen atoms in total. The number of hydrogen-bond acceptors (Lipinski definition) is 2. The van der Waals surface area contributed by atoms with Gasteiger partial charge in [-0.25, -0.2) is 0 Å². The molecule has 1 aliphatic heterocycles. The van der Waals surface area contributed by atoms with Crippen LogP contribution in [0.1, 0.15) is 18.4 Å². The van der Waals surface area contributed by atoms with Gasteiger partial charge in [-0.3, -0.25) is 0 Å². The molecule has 1 fully saturated rings. The number of hydrogen-bond donors (Lipinski definition) is 1. The van der Waals surface area contributed by atoms with Crippen LogP contribution in [-0.4, -0.2) is 19.7 Å². The van der Waals surface area contributed by atoms with Gasteiger partial charge in [-0.1, -0.05) is 17.7 Å².